The van der Waals surface area contributed by atoms with Crippen molar-refractivity contribution in [3.63, 3.8) is 0 Å². The Hall–Kier alpha value is -2.88. The average Bonchev–Trinajstić information content (AvgIpc) is 2.62. The van der Waals surface area contributed by atoms with Crippen LogP contribution in [0.5, 0.6) is 5.75 Å². The molecular weight excluding hydrogens is 291 g/mol. The summed E-state index contributed by atoms with van der Waals surface area (Å²) in [6.45, 7) is 0. The molecule has 23 heavy (non-hydrogen) atoms. The van der Waals surface area contributed by atoms with Crippen molar-refractivity contribution < 1.29 is 9.13 Å². The first kappa shape index (κ1) is 15.0. The molecule has 1 heterocycles. The molecular formula is C19H17FN2O. The number of halogens is 1. The van der Waals surface area contributed by atoms with Gasteiger partial charge in [0.05, 0.1) is 13.2 Å². The first-order chi connectivity index (χ1) is 11.3. The summed E-state index contributed by atoms with van der Waals surface area (Å²) < 4.78 is 18.4. The Labute approximate surface area is 134 Å². The summed E-state index contributed by atoms with van der Waals surface area (Å²) in [6.07, 6.45) is 1.73. The first-order valence-corrected chi connectivity index (χ1v) is 7.33. The van der Waals surface area contributed by atoms with Crippen LogP contribution in [0, 0.1) is 5.82 Å². The zero-order chi connectivity index (χ0) is 16.1. The minimum atomic E-state index is -0.250. The van der Waals surface area contributed by atoms with Crippen LogP contribution in [0.3, 0.4) is 0 Å². The Morgan fingerprint density at radius 2 is 1.57 bits per heavy atom. The van der Waals surface area contributed by atoms with Crippen molar-refractivity contribution in [2.24, 2.45) is 0 Å². The van der Waals surface area contributed by atoms with E-state index in [9.17, 15) is 4.39 Å². The van der Waals surface area contributed by atoms with E-state index in [2.05, 4.69) is 10.3 Å². The molecule has 0 aliphatic heterocycles. The largest absolute Gasteiger partial charge is 0.497 e. The van der Waals surface area contributed by atoms with E-state index < -0.39 is 0 Å². The number of anilines is 1. The molecule has 3 aromatic rings. The van der Waals surface area contributed by atoms with Crippen LogP contribution >= 0.6 is 0 Å². The molecule has 116 valence electrons. The molecule has 0 saturated carbocycles. The molecule has 0 bridgehead atoms. The highest BCUT2D eigenvalue weighted by atomic mass is 19.1. The maximum atomic E-state index is 13.2. The summed E-state index contributed by atoms with van der Waals surface area (Å²) in [7, 11) is 1.64. The molecule has 1 unspecified atom stereocenters. The zero-order valence-corrected chi connectivity index (χ0v) is 12.7. The second kappa shape index (κ2) is 6.92. The fourth-order valence-corrected chi connectivity index (χ4v) is 2.41. The van der Waals surface area contributed by atoms with Crippen molar-refractivity contribution in [3.8, 4) is 5.75 Å². The summed E-state index contributed by atoms with van der Waals surface area (Å²) >= 11 is 0. The van der Waals surface area contributed by atoms with Gasteiger partial charge in [-0.1, -0.05) is 30.3 Å². The monoisotopic (exact) mass is 308 g/mol. The smallest absolute Gasteiger partial charge is 0.126 e. The molecule has 0 fully saturated rings. The number of methoxy groups -OCH3 is 1. The topological polar surface area (TPSA) is 34.1 Å². The third kappa shape index (κ3) is 3.66. The van der Waals surface area contributed by atoms with Crippen molar-refractivity contribution in [1.82, 2.24) is 4.98 Å². The van der Waals surface area contributed by atoms with E-state index >= 15 is 0 Å². The lowest BCUT2D eigenvalue weighted by Crippen LogP contribution is -2.13. The van der Waals surface area contributed by atoms with E-state index in [1.807, 2.05) is 42.5 Å². The fourth-order valence-electron chi connectivity index (χ4n) is 2.41. The molecule has 0 radical (unpaired) electrons. The number of benzene rings is 2. The van der Waals surface area contributed by atoms with Gasteiger partial charge in [0, 0.05) is 6.20 Å². The van der Waals surface area contributed by atoms with Gasteiger partial charge in [0.1, 0.15) is 17.4 Å². The van der Waals surface area contributed by atoms with Crippen LogP contribution in [-0.2, 0) is 0 Å². The molecule has 3 nitrogen and oxygen atoms in total. The third-order valence-electron chi connectivity index (χ3n) is 3.61. The number of nitrogens with zero attached hydrogens (tertiary/aromatic N) is 1. The van der Waals surface area contributed by atoms with E-state index in [1.54, 1.807) is 25.4 Å². The highest BCUT2D eigenvalue weighted by Crippen LogP contribution is 2.27. The van der Waals surface area contributed by atoms with Gasteiger partial charge in [-0.2, -0.15) is 0 Å². The molecule has 0 aliphatic carbocycles. The van der Waals surface area contributed by atoms with Gasteiger partial charge in [-0.25, -0.2) is 9.37 Å². The van der Waals surface area contributed by atoms with Crippen LogP contribution in [0.25, 0.3) is 0 Å². The van der Waals surface area contributed by atoms with Crippen molar-refractivity contribution in [2.45, 2.75) is 6.04 Å². The van der Waals surface area contributed by atoms with Crippen molar-refractivity contribution in [2.75, 3.05) is 12.4 Å². The molecule has 0 aliphatic rings. The van der Waals surface area contributed by atoms with Crippen molar-refractivity contribution in [3.05, 3.63) is 89.9 Å². The number of ether oxygens (including phenoxy) is 1. The molecule has 0 amide bonds. The van der Waals surface area contributed by atoms with Crippen molar-refractivity contribution >= 4 is 5.82 Å². The quantitative estimate of drug-likeness (QED) is 0.757. The lowest BCUT2D eigenvalue weighted by atomic mass is 9.98. The number of hydrogen-bond acceptors (Lipinski definition) is 3. The first-order valence-electron chi connectivity index (χ1n) is 7.33. The number of aromatic nitrogens is 1. The second-order valence-electron chi connectivity index (χ2n) is 5.12. The lowest BCUT2D eigenvalue weighted by molar-refractivity contribution is 0.414. The molecule has 0 saturated heterocycles. The van der Waals surface area contributed by atoms with Gasteiger partial charge >= 0.3 is 0 Å². The van der Waals surface area contributed by atoms with Crippen LogP contribution in [0.15, 0.2) is 72.9 Å². The Balaban J connectivity index is 1.96. The van der Waals surface area contributed by atoms with Gasteiger partial charge in [0.15, 0.2) is 0 Å². The maximum absolute atomic E-state index is 13.2. The highest BCUT2D eigenvalue weighted by Gasteiger charge is 2.15. The van der Waals surface area contributed by atoms with Crippen LogP contribution in [0.4, 0.5) is 10.2 Å². The number of hydrogen-bond donors (Lipinski definition) is 1. The molecule has 3 rings (SSSR count). The second-order valence-corrected chi connectivity index (χ2v) is 5.12. The van der Waals surface area contributed by atoms with Gasteiger partial charge < -0.3 is 10.1 Å². The van der Waals surface area contributed by atoms with Crippen LogP contribution in [0.1, 0.15) is 17.2 Å². The van der Waals surface area contributed by atoms with Crippen LogP contribution < -0.4 is 10.1 Å². The number of pyridine rings is 1. The van der Waals surface area contributed by atoms with E-state index in [4.69, 9.17) is 4.74 Å². The summed E-state index contributed by atoms with van der Waals surface area (Å²) in [4.78, 5) is 4.31. The molecule has 2 aromatic carbocycles. The van der Waals surface area contributed by atoms with Crippen LogP contribution in [0.2, 0.25) is 0 Å². The molecule has 4 heteroatoms. The summed E-state index contributed by atoms with van der Waals surface area (Å²) in [5, 5.41) is 3.39. The van der Waals surface area contributed by atoms with E-state index in [-0.39, 0.29) is 11.9 Å². The van der Waals surface area contributed by atoms with Gasteiger partial charge in [-0.15, -0.1) is 0 Å². The van der Waals surface area contributed by atoms with Crippen LogP contribution in [-0.4, -0.2) is 12.1 Å². The van der Waals surface area contributed by atoms with Gasteiger partial charge in [-0.3, -0.25) is 0 Å². The van der Waals surface area contributed by atoms with Gasteiger partial charge in [0.25, 0.3) is 0 Å². The summed E-state index contributed by atoms with van der Waals surface area (Å²) in [5.41, 5.74) is 2.00. The molecule has 0 spiro atoms. The van der Waals surface area contributed by atoms with Gasteiger partial charge in [-0.05, 0) is 47.5 Å². The Kier molecular flexibility index (Phi) is 4.52. The normalized spacial score (nSPS) is 11.7. The zero-order valence-electron chi connectivity index (χ0n) is 12.7. The minimum Gasteiger partial charge on any atom is -0.497 e. The predicted octanol–water partition coefficient (Wildman–Crippen LogP) is 4.43. The Morgan fingerprint density at radius 1 is 0.913 bits per heavy atom. The predicted molar refractivity (Wildman–Crippen MR) is 89.1 cm³/mol. The number of nitrogens with one attached hydrogen (secondary N) is 1. The minimum absolute atomic E-state index is 0.128. The standard InChI is InChI=1S/C19H17FN2O/c1-23-17-11-7-15(8-12-17)19(14-5-9-16(20)10-6-14)22-18-4-2-3-13-21-18/h2-13,19H,1H3,(H,21,22). The Bertz CT molecular complexity index is 743. The van der Waals surface area contributed by atoms with Crippen molar-refractivity contribution in [1.29, 1.82) is 0 Å². The van der Waals surface area contributed by atoms with E-state index in [0.717, 1.165) is 22.7 Å². The van der Waals surface area contributed by atoms with E-state index in [0.29, 0.717) is 0 Å². The summed E-state index contributed by atoms with van der Waals surface area (Å²) in [5.74, 6) is 1.31. The maximum Gasteiger partial charge on any atom is 0.126 e. The highest BCUT2D eigenvalue weighted by molar-refractivity contribution is 5.45. The molecule has 1 N–H and O–H groups in total. The Morgan fingerprint density at radius 3 is 2.13 bits per heavy atom. The third-order valence-corrected chi connectivity index (χ3v) is 3.61. The van der Waals surface area contributed by atoms with E-state index in [1.165, 1.54) is 12.1 Å². The fraction of sp³-hybridized carbons (Fsp3) is 0.105. The number of rotatable bonds is 5. The summed E-state index contributed by atoms with van der Waals surface area (Å²) in [6, 6.07) is 19.8. The molecule has 1 aromatic heterocycles. The molecule has 1 atom stereocenters. The van der Waals surface area contributed by atoms with Gasteiger partial charge in [0.2, 0.25) is 0 Å². The lowest BCUT2D eigenvalue weighted by Gasteiger charge is -2.20. The SMILES string of the molecule is COc1ccc(C(Nc2ccccn2)c2ccc(F)cc2)cc1. The average molecular weight is 308 g/mol.